The summed E-state index contributed by atoms with van der Waals surface area (Å²) in [5.41, 5.74) is 0.934. The van der Waals surface area contributed by atoms with E-state index in [1.807, 2.05) is 30.3 Å². The van der Waals surface area contributed by atoms with Gasteiger partial charge in [-0.15, -0.1) is 0 Å². The number of carbonyl (C=O) groups excluding carboxylic acids is 2. The van der Waals surface area contributed by atoms with E-state index in [2.05, 4.69) is 6.58 Å². The topological polar surface area (TPSA) is 43.4 Å². The Morgan fingerprint density at radius 1 is 1.25 bits per heavy atom. The first kappa shape index (κ1) is 16.4. The van der Waals surface area contributed by atoms with Crippen molar-refractivity contribution in [1.29, 1.82) is 0 Å². The fourth-order valence-corrected chi connectivity index (χ4v) is 1.95. The first-order chi connectivity index (χ1) is 9.54. The zero-order chi connectivity index (χ0) is 15.0. The first-order valence-corrected chi connectivity index (χ1v) is 6.99. The molecule has 0 aliphatic heterocycles. The summed E-state index contributed by atoms with van der Waals surface area (Å²) in [6, 6.07) is 9.42. The number of carbonyl (C=O) groups is 2. The molecule has 20 heavy (non-hydrogen) atoms. The molecule has 0 heterocycles. The molecular formula is C16H19ClO3. The summed E-state index contributed by atoms with van der Waals surface area (Å²) >= 11 is 5.66. The highest BCUT2D eigenvalue weighted by molar-refractivity contribution is 6.29. The van der Waals surface area contributed by atoms with E-state index in [1.54, 1.807) is 6.92 Å². The van der Waals surface area contributed by atoms with E-state index in [9.17, 15) is 9.59 Å². The fraction of sp³-hybridized carbons (Fsp3) is 0.375. The van der Waals surface area contributed by atoms with Gasteiger partial charge in [-0.25, -0.2) is 0 Å². The van der Waals surface area contributed by atoms with Crippen LogP contribution in [0.5, 0.6) is 0 Å². The average Bonchev–Trinajstić information content (AvgIpc) is 2.43. The van der Waals surface area contributed by atoms with Crippen molar-refractivity contribution in [3.05, 3.63) is 47.5 Å². The van der Waals surface area contributed by atoms with Gasteiger partial charge in [-0.3, -0.25) is 9.59 Å². The Balaban J connectivity index is 2.76. The molecule has 0 spiro atoms. The van der Waals surface area contributed by atoms with Gasteiger partial charge in [0.2, 0.25) is 0 Å². The van der Waals surface area contributed by atoms with Gasteiger partial charge in [0.1, 0.15) is 11.7 Å². The Kier molecular flexibility index (Phi) is 7.02. The molecule has 0 amide bonds. The molecule has 1 rings (SSSR count). The maximum atomic E-state index is 12.2. The molecule has 108 valence electrons. The van der Waals surface area contributed by atoms with Gasteiger partial charge < -0.3 is 4.74 Å². The van der Waals surface area contributed by atoms with E-state index in [1.165, 1.54) is 0 Å². The second-order valence-corrected chi connectivity index (χ2v) is 5.01. The molecule has 0 radical (unpaired) electrons. The predicted molar refractivity (Wildman–Crippen MR) is 79.5 cm³/mol. The molecular weight excluding hydrogens is 276 g/mol. The van der Waals surface area contributed by atoms with Gasteiger partial charge in [-0.2, -0.15) is 0 Å². The summed E-state index contributed by atoms with van der Waals surface area (Å²) in [6.45, 7) is 5.54. The van der Waals surface area contributed by atoms with Crippen LogP contribution in [0.3, 0.4) is 0 Å². The van der Waals surface area contributed by atoms with Gasteiger partial charge in [0.25, 0.3) is 0 Å². The van der Waals surface area contributed by atoms with E-state index in [0.717, 1.165) is 5.56 Å². The minimum absolute atomic E-state index is 0.158. The summed E-state index contributed by atoms with van der Waals surface area (Å²) in [5, 5.41) is 0.417. The van der Waals surface area contributed by atoms with Gasteiger partial charge in [-0.05, 0) is 25.3 Å². The van der Waals surface area contributed by atoms with Gasteiger partial charge in [0.15, 0.2) is 0 Å². The largest absolute Gasteiger partial charge is 0.465 e. The van der Waals surface area contributed by atoms with Crippen molar-refractivity contribution in [2.24, 2.45) is 5.92 Å². The van der Waals surface area contributed by atoms with Crippen molar-refractivity contribution in [3.8, 4) is 0 Å². The zero-order valence-corrected chi connectivity index (χ0v) is 12.4. The van der Waals surface area contributed by atoms with Gasteiger partial charge in [0, 0.05) is 11.5 Å². The van der Waals surface area contributed by atoms with Crippen LogP contribution in [0.15, 0.2) is 41.9 Å². The number of benzene rings is 1. The molecule has 0 aromatic heterocycles. The van der Waals surface area contributed by atoms with Crippen molar-refractivity contribution in [1.82, 2.24) is 0 Å². The Labute approximate surface area is 124 Å². The van der Waals surface area contributed by atoms with Gasteiger partial charge >= 0.3 is 5.97 Å². The molecule has 0 N–H and O–H groups in total. The van der Waals surface area contributed by atoms with Crippen LogP contribution in [0, 0.1) is 5.92 Å². The molecule has 1 aromatic carbocycles. The van der Waals surface area contributed by atoms with E-state index in [0.29, 0.717) is 17.9 Å². The number of Topliss-reactive ketones (excluding diaryl/α,β-unsaturated/α-hetero) is 1. The predicted octanol–water partition coefficient (Wildman–Crippen LogP) is 3.51. The number of ether oxygens (including phenoxy) is 1. The maximum Gasteiger partial charge on any atom is 0.316 e. The van der Waals surface area contributed by atoms with Crippen LogP contribution in [-0.4, -0.2) is 18.4 Å². The number of rotatable bonds is 8. The highest BCUT2D eigenvalue weighted by Gasteiger charge is 2.27. The molecule has 1 unspecified atom stereocenters. The second kappa shape index (κ2) is 8.54. The third-order valence-electron chi connectivity index (χ3n) is 2.89. The SMILES string of the molecule is C=C(Cl)CCC(=O)C(Cc1ccccc1)C(=O)OCC. The van der Waals surface area contributed by atoms with E-state index in [4.69, 9.17) is 16.3 Å². The van der Waals surface area contributed by atoms with Crippen molar-refractivity contribution in [2.75, 3.05) is 6.61 Å². The first-order valence-electron chi connectivity index (χ1n) is 6.61. The lowest BCUT2D eigenvalue weighted by molar-refractivity contribution is -0.151. The molecule has 0 saturated heterocycles. The van der Waals surface area contributed by atoms with E-state index in [-0.39, 0.29) is 18.8 Å². The lowest BCUT2D eigenvalue weighted by Crippen LogP contribution is -2.28. The van der Waals surface area contributed by atoms with Crippen molar-refractivity contribution >= 4 is 23.4 Å². The second-order valence-electron chi connectivity index (χ2n) is 4.48. The normalized spacial score (nSPS) is 11.7. The Bertz CT molecular complexity index is 468. The summed E-state index contributed by atoms with van der Waals surface area (Å²) in [5.74, 6) is -1.40. The lowest BCUT2D eigenvalue weighted by atomic mass is 9.93. The molecule has 0 saturated carbocycles. The van der Waals surface area contributed by atoms with Crippen molar-refractivity contribution in [3.63, 3.8) is 0 Å². The zero-order valence-electron chi connectivity index (χ0n) is 11.6. The summed E-state index contributed by atoms with van der Waals surface area (Å²) in [7, 11) is 0. The molecule has 0 fully saturated rings. The monoisotopic (exact) mass is 294 g/mol. The number of halogens is 1. The highest BCUT2D eigenvalue weighted by atomic mass is 35.5. The number of hydrogen-bond donors (Lipinski definition) is 0. The quantitative estimate of drug-likeness (QED) is 0.544. The number of hydrogen-bond acceptors (Lipinski definition) is 3. The van der Waals surface area contributed by atoms with Crippen LogP contribution in [0.2, 0.25) is 0 Å². The van der Waals surface area contributed by atoms with Crippen LogP contribution >= 0.6 is 11.6 Å². The number of ketones is 1. The molecule has 3 nitrogen and oxygen atoms in total. The van der Waals surface area contributed by atoms with E-state index < -0.39 is 11.9 Å². The van der Waals surface area contributed by atoms with Crippen LogP contribution in [0.25, 0.3) is 0 Å². The summed E-state index contributed by atoms with van der Waals surface area (Å²) in [6.07, 6.45) is 0.941. The van der Waals surface area contributed by atoms with Crippen LogP contribution in [0.4, 0.5) is 0 Å². The third-order valence-corrected chi connectivity index (χ3v) is 3.07. The summed E-state index contributed by atoms with van der Waals surface area (Å²) in [4.78, 5) is 24.1. The van der Waals surface area contributed by atoms with Crippen LogP contribution in [-0.2, 0) is 20.7 Å². The Morgan fingerprint density at radius 2 is 1.90 bits per heavy atom. The van der Waals surface area contributed by atoms with Crippen molar-refractivity contribution in [2.45, 2.75) is 26.2 Å². The fourth-order valence-electron chi connectivity index (χ4n) is 1.85. The Hall–Kier alpha value is -1.61. The highest BCUT2D eigenvalue weighted by Crippen LogP contribution is 2.17. The molecule has 4 heteroatoms. The van der Waals surface area contributed by atoms with E-state index >= 15 is 0 Å². The standard InChI is InChI=1S/C16H19ClO3/c1-3-20-16(19)14(15(18)10-9-12(2)17)11-13-7-5-4-6-8-13/h4-8,14H,2-3,9-11H2,1H3. The van der Waals surface area contributed by atoms with Crippen molar-refractivity contribution < 1.29 is 14.3 Å². The minimum atomic E-state index is -0.770. The van der Waals surface area contributed by atoms with Crippen LogP contribution in [0.1, 0.15) is 25.3 Å². The lowest BCUT2D eigenvalue weighted by Gasteiger charge is -2.14. The molecule has 0 bridgehead atoms. The number of esters is 1. The van der Waals surface area contributed by atoms with Crippen LogP contribution < -0.4 is 0 Å². The molecule has 1 atom stereocenters. The molecule has 0 aliphatic rings. The average molecular weight is 295 g/mol. The smallest absolute Gasteiger partial charge is 0.316 e. The Morgan fingerprint density at radius 3 is 2.45 bits per heavy atom. The minimum Gasteiger partial charge on any atom is -0.465 e. The number of allylic oxidation sites excluding steroid dienone is 1. The van der Waals surface area contributed by atoms with Gasteiger partial charge in [0.05, 0.1) is 6.61 Å². The summed E-state index contributed by atoms with van der Waals surface area (Å²) < 4.78 is 4.99. The molecule has 0 aliphatic carbocycles. The third kappa shape index (κ3) is 5.57. The van der Waals surface area contributed by atoms with Gasteiger partial charge in [-0.1, -0.05) is 48.5 Å². The molecule has 1 aromatic rings. The maximum absolute atomic E-state index is 12.2.